The van der Waals surface area contributed by atoms with Gasteiger partial charge in [-0.1, -0.05) is 17.7 Å². The van der Waals surface area contributed by atoms with E-state index in [9.17, 15) is 0 Å². The van der Waals surface area contributed by atoms with Crippen LogP contribution in [0.3, 0.4) is 0 Å². The van der Waals surface area contributed by atoms with Crippen LogP contribution in [-0.4, -0.2) is 5.83 Å². The summed E-state index contributed by atoms with van der Waals surface area (Å²) in [6.07, 6.45) is 0. The third-order valence-electron chi connectivity index (χ3n) is 0.0945. The van der Waals surface area contributed by atoms with Crippen molar-refractivity contribution in [3.05, 3.63) is 11.6 Å². The molecular weight excluding hydrogens is 107 g/mol. The number of halogens is 2. The molecule has 0 N–H and O–H groups in total. The summed E-state index contributed by atoms with van der Waals surface area (Å²) in [6.45, 7) is 0. The summed E-state index contributed by atoms with van der Waals surface area (Å²) in [7, 11) is 0. The fourth-order valence-electron chi connectivity index (χ4n) is 0.0179. The zero-order chi connectivity index (χ0) is 7.65. The molecule has 0 aromatic heterocycles. The topological polar surface area (TPSA) is 0 Å². The lowest BCUT2D eigenvalue weighted by atomic mass is 10.8. The first-order chi connectivity index (χ1) is 3.85. The summed E-state index contributed by atoms with van der Waals surface area (Å²) in [5.41, 5.74) is -0.671. The van der Waals surface area contributed by atoms with Crippen molar-refractivity contribution in [3.63, 3.8) is 0 Å². The van der Waals surface area contributed by atoms with E-state index in [1.54, 1.807) is 0 Å². The number of alkyl halides is 1. The average Bonchev–Trinajstić information content (AvgIpc) is 1.62. The zero-order valence-electron chi connectivity index (χ0n) is 6.26. The van der Waals surface area contributed by atoms with Gasteiger partial charge < -0.3 is 0 Å². The van der Waals surface area contributed by atoms with Crippen molar-refractivity contribution >= 4 is 23.2 Å². The fraction of sp³-hybridized carbons (Fsp3) is 0.333. The van der Waals surface area contributed by atoms with Gasteiger partial charge in [-0.25, -0.2) is 0 Å². The lowest BCUT2D eigenvalue weighted by molar-refractivity contribution is 1.79. The molecule has 0 heterocycles. The second kappa shape index (κ2) is 4.32. The Labute approximate surface area is 47.0 Å². The number of hydrogen-bond acceptors (Lipinski definition) is 0. The molecule has 0 aliphatic carbocycles. The van der Waals surface area contributed by atoms with E-state index in [4.69, 9.17) is 28.7 Å². The van der Waals surface area contributed by atoms with E-state index in [2.05, 4.69) is 0 Å². The van der Waals surface area contributed by atoms with Crippen LogP contribution < -0.4 is 0 Å². The predicted octanol–water partition coefficient (Wildman–Crippen LogP) is 1.98. The Kier molecular flexibility index (Phi) is 1.24. The number of allylic oxidation sites excluding steroid dienone is 1. The summed E-state index contributed by atoms with van der Waals surface area (Å²) in [5, 5.41) is 0. The van der Waals surface area contributed by atoms with Crippen LogP contribution in [0, 0.1) is 0 Å². The molecule has 0 atom stereocenters. The van der Waals surface area contributed by atoms with Gasteiger partial charge in [-0.15, -0.1) is 11.6 Å². The van der Waals surface area contributed by atoms with Gasteiger partial charge in [0.05, 0.1) is 2.74 Å². The molecule has 0 fully saturated rings. The van der Waals surface area contributed by atoms with Gasteiger partial charge in [0.2, 0.25) is 0 Å². The Morgan fingerprint density at radius 3 is 2.80 bits per heavy atom. The van der Waals surface area contributed by atoms with E-state index in [0.29, 0.717) is 0 Å². The molecule has 0 unspecified atom stereocenters. The van der Waals surface area contributed by atoms with Crippen LogP contribution in [0.25, 0.3) is 0 Å². The Morgan fingerprint density at radius 1 is 2.20 bits per heavy atom. The van der Waals surface area contributed by atoms with Gasteiger partial charge in [-0.05, 0) is 0 Å². The third kappa shape index (κ3) is 4.32. The van der Waals surface area contributed by atoms with Gasteiger partial charge in [0, 0.05) is 14.1 Å². The summed E-state index contributed by atoms with van der Waals surface area (Å²) in [6, 6.07) is -0.717. The first kappa shape index (κ1) is 1.43. The monoisotopic (exact) mass is 114 g/mol. The molecule has 0 aromatic carbocycles. The van der Waals surface area contributed by atoms with Crippen molar-refractivity contribution in [2.24, 2.45) is 0 Å². The average molecular weight is 115 g/mol. The molecule has 2 heteroatoms. The molecule has 0 saturated heterocycles. The number of rotatable bonds is 1. The van der Waals surface area contributed by atoms with Crippen molar-refractivity contribution < 1.29 is 5.48 Å². The van der Waals surface area contributed by atoms with Crippen molar-refractivity contribution in [2.75, 3.05) is 5.83 Å². The molecule has 0 rings (SSSR count). The molecule has 0 bridgehead atoms. The van der Waals surface area contributed by atoms with Crippen LogP contribution in [-0.2, 0) is 0 Å². The van der Waals surface area contributed by atoms with Gasteiger partial charge in [0.25, 0.3) is 0 Å². The Hall–Kier alpha value is 0.320. The minimum atomic E-state index is -2.32. The van der Waals surface area contributed by atoms with Crippen LogP contribution in [0.15, 0.2) is 11.6 Å². The maximum absolute atomic E-state index is 6.73. The van der Waals surface area contributed by atoms with Crippen molar-refractivity contribution in [1.29, 1.82) is 0 Å². The van der Waals surface area contributed by atoms with Crippen LogP contribution in [0.5, 0.6) is 0 Å². The highest BCUT2D eigenvalue weighted by Crippen LogP contribution is 1.79. The van der Waals surface area contributed by atoms with E-state index >= 15 is 0 Å². The first-order valence-electron chi connectivity index (χ1n) is 2.88. The van der Waals surface area contributed by atoms with Crippen molar-refractivity contribution in [1.82, 2.24) is 0 Å². The lowest BCUT2D eigenvalue weighted by Gasteiger charge is -1.61. The highest BCUT2D eigenvalue weighted by molar-refractivity contribution is 6.26. The molecular formula is C3H4Cl2. The van der Waals surface area contributed by atoms with Crippen molar-refractivity contribution in [3.8, 4) is 0 Å². The van der Waals surface area contributed by atoms with E-state index in [-0.39, 0.29) is 0 Å². The lowest BCUT2D eigenvalue weighted by Crippen LogP contribution is -1.48. The van der Waals surface area contributed by atoms with E-state index in [1.165, 1.54) is 0 Å². The second-order valence-corrected chi connectivity index (χ2v) is 0.692. The maximum Gasteiger partial charge on any atom is 0.0752 e. The minimum Gasteiger partial charge on any atom is -0.122 e. The normalized spacial score (nSPS) is 28.4. The van der Waals surface area contributed by atoms with E-state index in [1.807, 2.05) is 0 Å². The SMILES string of the molecule is [2H]/C(Cl)=C(/[2H])C([2H])([2H])Cl. The number of hydrogen-bond donors (Lipinski definition) is 0. The van der Waals surface area contributed by atoms with Gasteiger partial charge in [0.1, 0.15) is 0 Å². The quantitative estimate of drug-likeness (QED) is 0.458. The fourth-order valence-corrected chi connectivity index (χ4v) is 0.161. The van der Waals surface area contributed by atoms with E-state index in [0.717, 1.165) is 0 Å². The molecule has 0 aromatic rings. The highest BCUT2D eigenvalue weighted by atomic mass is 35.5. The summed E-state index contributed by atoms with van der Waals surface area (Å²) < 4.78 is 26.6. The molecule has 0 spiro atoms. The Morgan fingerprint density at radius 2 is 2.80 bits per heavy atom. The highest BCUT2D eigenvalue weighted by Gasteiger charge is 1.56. The third-order valence-corrected chi connectivity index (χ3v) is 0.283. The zero-order valence-corrected chi connectivity index (χ0v) is 3.77. The van der Waals surface area contributed by atoms with Gasteiger partial charge in [0.15, 0.2) is 0 Å². The molecule has 5 heavy (non-hydrogen) atoms. The van der Waals surface area contributed by atoms with Crippen LogP contribution in [0.1, 0.15) is 5.48 Å². The molecule has 0 aliphatic rings. The minimum absolute atomic E-state index is 0.671. The second-order valence-electron chi connectivity index (χ2n) is 0.314. The predicted molar refractivity (Wildman–Crippen MR) is 25.7 cm³/mol. The molecule has 0 amide bonds. The first-order valence-corrected chi connectivity index (χ1v) is 1.63. The maximum atomic E-state index is 6.73. The van der Waals surface area contributed by atoms with Gasteiger partial charge in [-0.2, -0.15) is 0 Å². The van der Waals surface area contributed by atoms with Crippen LogP contribution in [0.4, 0.5) is 0 Å². The summed E-state index contributed by atoms with van der Waals surface area (Å²) in [5.74, 6) is -2.32. The summed E-state index contributed by atoms with van der Waals surface area (Å²) in [4.78, 5) is 0. The largest absolute Gasteiger partial charge is 0.122 e. The van der Waals surface area contributed by atoms with Crippen molar-refractivity contribution in [2.45, 2.75) is 0 Å². The Bertz CT molecular complexity index is 131. The smallest absolute Gasteiger partial charge is 0.0752 e. The van der Waals surface area contributed by atoms with Crippen LogP contribution >= 0.6 is 23.2 Å². The molecule has 0 saturated carbocycles. The molecule has 0 nitrogen and oxygen atoms in total. The molecule has 30 valence electrons. The van der Waals surface area contributed by atoms with Gasteiger partial charge >= 0.3 is 0 Å². The molecule has 0 radical (unpaired) electrons. The standard InChI is InChI=1S/C3H4Cl2/c4-2-1-3-5/h1-2H,3H2/b2-1+/i1D,2D,3D2. The van der Waals surface area contributed by atoms with Gasteiger partial charge in [-0.3, -0.25) is 0 Å². The Balaban J connectivity index is 4.40. The summed E-state index contributed by atoms with van der Waals surface area (Å²) >= 11 is 9.91. The molecule has 0 aliphatic heterocycles. The van der Waals surface area contributed by atoms with E-state index < -0.39 is 17.4 Å². The van der Waals surface area contributed by atoms with Crippen LogP contribution in [0.2, 0.25) is 0 Å².